The van der Waals surface area contributed by atoms with Crippen LogP contribution in [0.1, 0.15) is 76.4 Å². The van der Waals surface area contributed by atoms with Gasteiger partial charge in [-0.1, -0.05) is 42.8 Å². The second-order valence-electron chi connectivity index (χ2n) is 15.2. The number of methoxy groups -OCH3 is 2. The fourth-order valence-electron chi connectivity index (χ4n) is 8.52. The molecule has 3 heterocycles. The van der Waals surface area contributed by atoms with E-state index < -0.39 is 21.7 Å². The third kappa shape index (κ3) is 7.56. The number of allylic oxidation sites excluding steroid dienone is 1. The predicted molar refractivity (Wildman–Crippen MR) is 201 cm³/mol. The monoisotopic (exact) mass is 729 g/mol. The first kappa shape index (κ1) is 36.4. The highest BCUT2D eigenvalue weighted by Gasteiger charge is 2.44. The molecule has 52 heavy (non-hydrogen) atoms. The Labute approximate surface area is 307 Å². The third-order valence-corrected chi connectivity index (χ3v) is 13.4. The molecule has 11 nitrogen and oxygen atoms in total. The van der Waals surface area contributed by atoms with Gasteiger partial charge in [0.25, 0.3) is 11.8 Å². The molecule has 0 radical (unpaired) electrons. The lowest BCUT2D eigenvalue weighted by molar-refractivity contribution is 0.0131. The van der Waals surface area contributed by atoms with Gasteiger partial charge in [-0.25, -0.2) is 4.21 Å². The van der Waals surface area contributed by atoms with Gasteiger partial charge in [0.2, 0.25) is 0 Å². The molecule has 1 aromatic heterocycles. The van der Waals surface area contributed by atoms with Gasteiger partial charge in [0.1, 0.15) is 15.7 Å². The van der Waals surface area contributed by atoms with Crippen molar-refractivity contribution in [3.63, 3.8) is 0 Å². The van der Waals surface area contributed by atoms with E-state index in [0.717, 1.165) is 56.6 Å². The fraction of sp³-hybridized carbons (Fsp3) is 0.525. The van der Waals surface area contributed by atoms with Crippen molar-refractivity contribution in [1.29, 1.82) is 0 Å². The van der Waals surface area contributed by atoms with Crippen LogP contribution in [0, 0.1) is 24.7 Å². The molecule has 6 atom stereocenters. The van der Waals surface area contributed by atoms with Crippen LogP contribution in [0.15, 0.2) is 65.3 Å². The number of nitrogens with zero attached hydrogens (tertiary/aromatic N) is 4. The summed E-state index contributed by atoms with van der Waals surface area (Å²) in [4.78, 5) is 29.9. The SMILES string of the molecule is COCCn1cc(C(=O)N[S@@]2(=O)=NC(=O)c3ccc4c(c3)N(C[C@@H]3CC[C@H]3[C@@H](OC)/C=C/C[C@H](C)C2)C[C@@]2(CCCc3cc(C)ccc32)CO4)cn1. The van der Waals surface area contributed by atoms with E-state index in [1.807, 2.05) is 19.1 Å². The van der Waals surface area contributed by atoms with Crippen molar-refractivity contribution in [1.82, 2.24) is 14.5 Å². The van der Waals surface area contributed by atoms with Crippen LogP contribution >= 0.6 is 0 Å². The Bertz CT molecular complexity index is 1970. The first-order valence-electron chi connectivity index (χ1n) is 18.5. The summed E-state index contributed by atoms with van der Waals surface area (Å²) >= 11 is 0. The maximum Gasteiger partial charge on any atom is 0.286 e. The van der Waals surface area contributed by atoms with E-state index in [4.69, 9.17) is 14.2 Å². The zero-order valence-corrected chi connectivity index (χ0v) is 31.5. The summed E-state index contributed by atoms with van der Waals surface area (Å²) in [5, 5.41) is 4.22. The highest BCUT2D eigenvalue weighted by Crippen LogP contribution is 2.47. The first-order valence-corrected chi connectivity index (χ1v) is 20.2. The molecule has 0 saturated heterocycles. The van der Waals surface area contributed by atoms with Crippen LogP contribution < -0.4 is 14.4 Å². The van der Waals surface area contributed by atoms with Crippen LogP contribution in [0.25, 0.3) is 0 Å². The van der Waals surface area contributed by atoms with Crippen molar-refractivity contribution in [2.24, 2.45) is 22.1 Å². The molecule has 0 unspecified atom stereocenters. The zero-order valence-electron chi connectivity index (χ0n) is 30.7. The number of ether oxygens (including phenoxy) is 3. The molecule has 1 saturated carbocycles. The molecule has 2 bridgehead atoms. The number of hydrogen-bond donors (Lipinski definition) is 1. The number of hydrogen-bond acceptors (Lipinski definition) is 8. The van der Waals surface area contributed by atoms with Gasteiger partial charge in [-0.3, -0.25) is 19.0 Å². The molecular weight excluding hydrogens is 679 g/mol. The summed E-state index contributed by atoms with van der Waals surface area (Å²) in [5.74, 6) is 0.0775. The summed E-state index contributed by atoms with van der Waals surface area (Å²) in [6, 6.07) is 12.2. The van der Waals surface area contributed by atoms with Gasteiger partial charge in [-0.2, -0.15) is 5.10 Å². The maximum atomic E-state index is 14.6. The Morgan fingerprint density at radius 2 is 2.04 bits per heavy atom. The van der Waals surface area contributed by atoms with Crippen molar-refractivity contribution < 1.29 is 28.0 Å². The topological polar surface area (TPSA) is 124 Å². The molecule has 4 aliphatic rings. The molecule has 12 heteroatoms. The number of aromatic nitrogens is 2. The lowest BCUT2D eigenvalue weighted by Gasteiger charge is -2.46. The van der Waals surface area contributed by atoms with Crippen molar-refractivity contribution in [3.8, 4) is 5.75 Å². The lowest BCUT2D eigenvalue weighted by atomic mass is 9.68. The Balaban J connectivity index is 1.27. The predicted octanol–water partition coefficient (Wildman–Crippen LogP) is 5.90. The molecule has 3 aromatic rings. The van der Waals surface area contributed by atoms with Gasteiger partial charge < -0.3 is 19.1 Å². The van der Waals surface area contributed by atoms with E-state index in [-0.39, 0.29) is 28.8 Å². The van der Waals surface area contributed by atoms with Crippen molar-refractivity contribution in [3.05, 3.63) is 88.8 Å². The minimum absolute atomic E-state index is 0.00207. The summed E-state index contributed by atoms with van der Waals surface area (Å²) in [6.45, 7) is 7.09. The highest BCUT2D eigenvalue weighted by molar-refractivity contribution is 7.92. The summed E-state index contributed by atoms with van der Waals surface area (Å²) in [5.41, 5.74) is 5.17. The molecule has 2 amide bonds. The largest absolute Gasteiger partial charge is 0.490 e. The third-order valence-electron chi connectivity index (χ3n) is 11.4. The quantitative estimate of drug-likeness (QED) is 0.311. The van der Waals surface area contributed by atoms with Gasteiger partial charge in [-0.15, -0.1) is 4.36 Å². The van der Waals surface area contributed by atoms with Crippen LogP contribution in [-0.2, 0) is 37.8 Å². The number of anilines is 1. The summed E-state index contributed by atoms with van der Waals surface area (Å²) in [6.07, 6.45) is 13.1. The second-order valence-corrected chi connectivity index (χ2v) is 17.2. The molecule has 1 N–H and O–H groups in total. The van der Waals surface area contributed by atoms with E-state index in [9.17, 15) is 13.8 Å². The molecular formula is C40H51N5O6S. The minimum atomic E-state index is -3.54. The molecule has 1 spiro atoms. The number of rotatable bonds is 6. The van der Waals surface area contributed by atoms with E-state index in [0.29, 0.717) is 43.6 Å². The molecule has 1 fully saturated rings. The standard InChI is InChI=1S/C40H51N5O6S/c1-27-10-14-34-29(19-27)8-6-16-40(34)25-44-22-31-11-13-33(31)36(50-4)9-5-7-28(2)24-52(48,43-39(47)32-21-41-45(23-32)17-18-49-3)42-38(46)30-12-15-37(51-26-40)35(44)20-30/h5,9-10,12,14-15,19-21,23,28,31,33,36H,6-8,11,13,16-18,22,24-26H2,1-4H3,(H,42,43,46,47,48)/b9-5+/t28-,31-,33+,36-,40-,52-/m0/s1. The summed E-state index contributed by atoms with van der Waals surface area (Å²) in [7, 11) is -0.181. The van der Waals surface area contributed by atoms with Crippen molar-refractivity contribution in [2.45, 2.75) is 70.4 Å². The van der Waals surface area contributed by atoms with E-state index in [2.05, 4.69) is 56.4 Å². The van der Waals surface area contributed by atoms with Crippen LogP contribution in [0.3, 0.4) is 0 Å². The van der Waals surface area contributed by atoms with Crippen LogP contribution in [0.4, 0.5) is 5.69 Å². The maximum absolute atomic E-state index is 14.6. The molecule has 2 aliphatic carbocycles. The van der Waals surface area contributed by atoms with Crippen molar-refractivity contribution >= 4 is 27.4 Å². The van der Waals surface area contributed by atoms with E-state index in [1.165, 1.54) is 22.9 Å². The van der Waals surface area contributed by atoms with E-state index in [1.54, 1.807) is 31.2 Å². The van der Waals surface area contributed by atoms with Gasteiger partial charge >= 0.3 is 0 Å². The average Bonchev–Trinajstić information content (AvgIpc) is 3.53. The zero-order chi connectivity index (χ0) is 36.5. The first-order chi connectivity index (χ1) is 25.1. The smallest absolute Gasteiger partial charge is 0.286 e. The minimum Gasteiger partial charge on any atom is -0.490 e. The van der Waals surface area contributed by atoms with Gasteiger partial charge in [0, 0.05) is 44.5 Å². The average molecular weight is 730 g/mol. The Morgan fingerprint density at radius 3 is 2.83 bits per heavy atom. The number of amides is 2. The molecule has 2 aliphatic heterocycles. The molecule has 2 aromatic carbocycles. The number of nitrogens with one attached hydrogen (secondary N) is 1. The number of fused-ring (bicyclic) bond motifs is 4. The van der Waals surface area contributed by atoms with Crippen LogP contribution in [0.2, 0.25) is 0 Å². The second kappa shape index (κ2) is 15.2. The van der Waals surface area contributed by atoms with E-state index >= 15 is 0 Å². The number of carbonyl (C=O) groups is 2. The van der Waals surface area contributed by atoms with Crippen LogP contribution in [-0.4, -0.2) is 78.2 Å². The lowest BCUT2D eigenvalue weighted by Crippen LogP contribution is -2.49. The van der Waals surface area contributed by atoms with Gasteiger partial charge in [0.15, 0.2) is 0 Å². The normalized spacial score (nSPS) is 29.5. The highest BCUT2D eigenvalue weighted by atomic mass is 32.2. The Hall–Kier alpha value is -4.00. The Kier molecular flexibility index (Phi) is 10.6. The van der Waals surface area contributed by atoms with Gasteiger partial charge in [-0.05, 0) is 92.5 Å². The number of benzene rings is 2. The fourth-order valence-corrected chi connectivity index (χ4v) is 10.4. The van der Waals surface area contributed by atoms with Gasteiger partial charge in [0.05, 0.1) is 49.1 Å². The Morgan fingerprint density at radius 1 is 1.17 bits per heavy atom. The van der Waals surface area contributed by atoms with Crippen LogP contribution in [0.5, 0.6) is 5.75 Å². The summed E-state index contributed by atoms with van der Waals surface area (Å²) < 4.78 is 41.0. The number of carbonyl (C=O) groups excluding carboxylic acids is 2. The van der Waals surface area contributed by atoms with Crippen molar-refractivity contribution in [2.75, 3.05) is 51.2 Å². The molecule has 278 valence electrons. The number of aryl methyl sites for hydroxylation is 2. The molecule has 7 rings (SSSR count).